The Labute approximate surface area is 174 Å². The monoisotopic (exact) mass is 438 g/mol. The number of fused-ring (bicyclic) bond motifs is 1. The molecule has 1 heterocycles. The Morgan fingerprint density at radius 2 is 2.07 bits per heavy atom. The van der Waals surface area contributed by atoms with E-state index in [1.165, 1.54) is 22.1 Å². The topological polar surface area (TPSA) is 75.7 Å². The molecule has 0 fully saturated rings. The number of benzene rings is 2. The Kier molecular flexibility index (Phi) is 6.69. The minimum absolute atomic E-state index is 0.0799. The minimum atomic E-state index is -3.55. The molecule has 1 aliphatic heterocycles. The number of rotatable bonds is 7. The van der Waals surface area contributed by atoms with Crippen LogP contribution < -0.4 is 14.4 Å². The molecular weight excluding hydrogens is 415 g/mol. The van der Waals surface area contributed by atoms with Crippen LogP contribution in [0.25, 0.3) is 0 Å². The second-order valence-corrected chi connectivity index (χ2v) is 9.82. The number of carbonyl (C=O) groups excluding carboxylic acids is 1. The van der Waals surface area contributed by atoms with Gasteiger partial charge in [-0.1, -0.05) is 24.3 Å². The summed E-state index contributed by atoms with van der Waals surface area (Å²) in [5.74, 6) is 0.849. The molecule has 0 aliphatic carbocycles. The molecule has 2 aromatic rings. The van der Waals surface area contributed by atoms with Crippen LogP contribution in [0.1, 0.15) is 11.1 Å². The fourth-order valence-electron chi connectivity index (χ4n) is 2.97. The first-order valence-electron chi connectivity index (χ1n) is 9.09. The largest absolute Gasteiger partial charge is 0.476 e. The lowest BCUT2D eigenvalue weighted by Crippen LogP contribution is -2.50. The van der Waals surface area contributed by atoms with Crippen molar-refractivity contribution in [2.75, 3.05) is 29.4 Å². The molecule has 6 nitrogen and oxygen atoms in total. The fraction of sp³-hybridized carbons (Fsp3) is 0.350. The average Bonchev–Trinajstić information content (AvgIpc) is 2.67. The van der Waals surface area contributed by atoms with Gasteiger partial charge in [0.15, 0.2) is 6.10 Å². The highest BCUT2D eigenvalue weighted by molar-refractivity contribution is 7.98. The van der Waals surface area contributed by atoms with Gasteiger partial charge in [-0.25, -0.2) is 12.8 Å². The van der Waals surface area contributed by atoms with Crippen LogP contribution in [0.2, 0.25) is 0 Å². The summed E-state index contributed by atoms with van der Waals surface area (Å²) in [7, 11) is -3.55. The Bertz CT molecular complexity index is 998. The lowest BCUT2D eigenvalue weighted by Gasteiger charge is -2.34. The van der Waals surface area contributed by atoms with E-state index in [9.17, 15) is 17.6 Å². The maximum absolute atomic E-state index is 13.6. The highest BCUT2D eigenvalue weighted by atomic mass is 32.2. The van der Waals surface area contributed by atoms with Gasteiger partial charge in [-0.3, -0.25) is 9.10 Å². The lowest BCUT2D eigenvalue weighted by molar-refractivity contribution is -0.127. The molecule has 1 atom stereocenters. The van der Waals surface area contributed by atoms with Crippen molar-refractivity contribution < 1.29 is 22.3 Å². The van der Waals surface area contributed by atoms with Gasteiger partial charge in [-0.2, -0.15) is 11.8 Å². The lowest BCUT2D eigenvalue weighted by atomic mass is 10.1. The Morgan fingerprint density at radius 3 is 2.79 bits per heavy atom. The van der Waals surface area contributed by atoms with Crippen molar-refractivity contribution in [3.05, 3.63) is 59.4 Å². The minimum Gasteiger partial charge on any atom is -0.476 e. The van der Waals surface area contributed by atoms with Gasteiger partial charge < -0.3 is 10.1 Å². The van der Waals surface area contributed by atoms with Crippen LogP contribution in [0.3, 0.4) is 0 Å². The highest BCUT2D eigenvalue weighted by Gasteiger charge is 2.34. The van der Waals surface area contributed by atoms with Crippen molar-refractivity contribution in [1.29, 1.82) is 0 Å². The molecular formula is C20H23FN2O4S2. The van der Waals surface area contributed by atoms with E-state index in [0.717, 1.165) is 11.8 Å². The number of aryl methyl sites for hydroxylation is 1. The van der Waals surface area contributed by atoms with Gasteiger partial charge in [0.25, 0.3) is 5.91 Å². The quantitative estimate of drug-likeness (QED) is 0.673. The number of thioether (sulfide) groups is 1. The molecule has 3 rings (SSSR count). The molecule has 0 saturated carbocycles. The number of hydrogen-bond donors (Lipinski definition) is 1. The molecule has 9 heteroatoms. The van der Waals surface area contributed by atoms with Crippen molar-refractivity contribution in [3.8, 4) is 5.75 Å². The Balaban J connectivity index is 1.56. The first-order chi connectivity index (χ1) is 13.8. The van der Waals surface area contributed by atoms with Crippen LogP contribution in [-0.2, 0) is 20.6 Å². The summed E-state index contributed by atoms with van der Waals surface area (Å²) >= 11 is 1.50. The zero-order valence-electron chi connectivity index (χ0n) is 16.2. The van der Waals surface area contributed by atoms with Crippen molar-refractivity contribution in [3.63, 3.8) is 0 Å². The summed E-state index contributed by atoms with van der Waals surface area (Å²) in [6, 6.07) is 11.8. The van der Waals surface area contributed by atoms with Crippen LogP contribution in [0.4, 0.5) is 10.1 Å². The van der Waals surface area contributed by atoms with E-state index >= 15 is 0 Å². The fourth-order valence-corrected chi connectivity index (χ4v) is 4.72. The van der Waals surface area contributed by atoms with E-state index in [1.807, 2.05) is 6.92 Å². The van der Waals surface area contributed by atoms with Crippen LogP contribution in [0.5, 0.6) is 5.75 Å². The van der Waals surface area contributed by atoms with Crippen LogP contribution in [0.15, 0.2) is 42.5 Å². The zero-order valence-corrected chi connectivity index (χ0v) is 17.9. The summed E-state index contributed by atoms with van der Waals surface area (Å²) in [5, 5.41) is 2.77. The molecule has 1 amide bonds. The molecule has 0 spiro atoms. The summed E-state index contributed by atoms with van der Waals surface area (Å²) in [6.45, 7) is 2.15. The maximum atomic E-state index is 13.6. The SMILES string of the molecule is Cc1ccc2c(c1)N(S(C)(=O)=O)CC(C(=O)NCCSCc1ccccc1F)O2. The standard InChI is InChI=1S/C20H23FN2O4S2/c1-14-7-8-18-17(11-14)23(29(2,25)26)12-19(27-18)20(24)22-9-10-28-13-15-5-3-4-6-16(15)21/h3-8,11,19H,9-10,12-13H2,1-2H3,(H,22,24). The molecule has 0 bridgehead atoms. The molecule has 1 aliphatic rings. The number of halogens is 1. The Hall–Kier alpha value is -2.26. The predicted octanol–water partition coefficient (Wildman–Crippen LogP) is 2.71. The first kappa shape index (κ1) is 21.4. The van der Waals surface area contributed by atoms with E-state index in [2.05, 4.69) is 5.32 Å². The second kappa shape index (κ2) is 9.04. The molecule has 2 aromatic carbocycles. The van der Waals surface area contributed by atoms with Gasteiger partial charge in [0, 0.05) is 18.1 Å². The number of nitrogens with zero attached hydrogens (tertiary/aromatic N) is 1. The Morgan fingerprint density at radius 1 is 1.31 bits per heavy atom. The van der Waals surface area contributed by atoms with Crippen LogP contribution in [0, 0.1) is 12.7 Å². The summed E-state index contributed by atoms with van der Waals surface area (Å²) in [4.78, 5) is 12.5. The van der Waals surface area contributed by atoms with E-state index in [1.54, 1.807) is 36.4 Å². The summed E-state index contributed by atoms with van der Waals surface area (Å²) < 4.78 is 44.9. The van der Waals surface area contributed by atoms with Gasteiger partial charge in [0.2, 0.25) is 10.0 Å². The van der Waals surface area contributed by atoms with Crippen molar-refractivity contribution >= 4 is 33.4 Å². The van der Waals surface area contributed by atoms with E-state index in [-0.39, 0.29) is 18.3 Å². The normalized spacial score (nSPS) is 16.1. The van der Waals surface area contributed by atoms with Gasteiger partial charge in [0.05, 0.1) is 18.5 Å². The van der Waals surface area contributed by atoms with E-state index in [4.69, 9.17) is 4.74 Å². The van der Waals surface area contributed by atoms with E-state index < -0.39 is 16.1 Å². The molecule has 1 unspecified atom stereocenters. The summed E-state index contributed by atoms with van der Waals surface area (Å²) in [6.07, 6.45) is 0.176. The first-order valence-corrected chi connectivity index (χ1v) is 12.1. The predicted molar refractivity (Wildman–Crippen MR) is 113 cm³/mol. The van der Waals surface area contributed by atoms with Gasteiger partial charge >= 0.3 is 0 Å². The molecule has 0 saturated heterocycles. The molecule has 156 valence electrons. The third-order valence-corrected chi connectivity index (χ3v) is 6.59. The van der Waals surface area contributed by atoms with Gasteiger partial charge in [-0.15, -0.1) is 0 Å². The highest BCUT2D eigenvalue weighted by Crippen LogP contribution is 2.35. The number of anilines is 1. The maximum Gasteiger partial charge on any atom is 0.263 e. The number of amides is 1. The number of sulfonamides is 1. The molecule has 0 aromatic heterocycles. The number of nitrogens with one attached hydrogen (secondary N) is 1. The third kappa shape index (κ3) is 5.42. The molecule has 0 radical (unpaired) electrons. The van der Waals surface area contributed by atoms with E-state index in [0.29, 0.717) is 35.1 Å². The number of hydrogen-bond acceptors (Lipinski definition) is 5. The van der Waals surface area contributed by atoms with Crippen LogP contribution >= 0.6 is 11.8 Å². The molecule has 29 heavy (non-hydrogen) atoms. The average molecular weight is 439 g/mol. The number of carbonyl (C=O) groups is 1. The number of ether oxygens (including phenoxy) is 1. The smallest absolute Gasteiger partial charge is 0.263 e. The van der Waals surface area contributed by atoms with Crippen LogP contribution in [-0.4, -0.2) is 45.5 Å². The van der Waals surface area contributed by atoms with Gasteiger partial charge in [-0.05, 0) is 36.2 Å². The second-order valence-electron chi connectivity index (χ2n) is 6.81. The third-order valence-electron chi connectivity index (χ3n) is 4.44. The van der Waals surface area contributed by atoms with Crippen molar-refractivity contribution in [1.82, 2.24) is 5.32 Å². The zero-order chi connectivity index (χ0) is 21.0. The van der Waals surface area contributed by atoms with Gasteiger partial charge in [0.1, 0.15) is 11.6 Å². The summed E-state index contributed by atoms with van der Waals surface area (Å²) in [5.41, 5.74) is 1.96. The van der Waals surface area contributed by atoms with Crippen molar-refractivity contribution in [2.45, 2.75) is 18.8 Å². The molecule has 1 N–H and O–H groups in total. The van der Waals surface area contributed by atoms with Crippen molar-refractivity contribution in [2.24, 2.45) is 0 Å².